The molecule has 0 spiro atoms. The number of carbonyl (C=O) groups is 1. The molecule has 0 amide bonds. The molecule has 34 heavy (non-hydrogen) atoms. The van der Waals surface area contributed by atoms with Crippen molar-refractivity contribution in [3.8, 4) is 11.8 Å². The molecular weight excluding hydrogens is 477 g/mol. The molecule has 2 heterocycles. The van der Waals surface area contributed by atoms with Gasteiger partial charge in [0.2, 0.25) is 0 Å². The first-order valence-electron chi connectivity index (χ1n) is 10.1. The van der Waals surface area contributed by atoms with Crippen molar-refractivity contribution in [1.82, 2.24) is 18.7 Å². The van der Waals surface area contributed by atoms with Crippen LogP contribution in [0.1, 0.15) is 12.0 Å². The number of hydrogen-bond acceptors (Lipinski definition) is 5. The molecule has 12 heteroatoms. The van der Waals surface area contributed by atoms with Crippen molar-refractivity contribution in [2.75, 3.05) is 0 Å². The van der Waals surface area contributed by atoms with Crippen LogP contribution in [0.3, 0.4) is 0 Å². The monoisotopic (exact) mass is 494 g/mol. The molecule has 0 radical (unpaired) electrons. The van der Waals surface area contributed by atoms with Crippen LogP contribution in [0.4, 0.5) is 13.2 Å². The van der Waals surface area contributed by atoms with E-state index in [1.165, 1.54) is 23.7 Å². The summed E-state index contributed by atoms with van der Waals surface area (Å²) in [4.78, 5) is 41.0. The van der Waals surface area contributed by atoms with E-state index in [9.17, 15) is 27.6 Å². The Bertz CT molecular complexity index is 1450. The molecular formula is C22H18ClF3N4O4. The zero-order chi connectivity index (χ0) is 24.6. The van der Waals surface area contributed by atoms with Crippen molar-refractivity contribution in [3.05, 3.63) is 74.5 Å². The number of imidazole rings is 1. The average molecular weight is 495 g/mol. The van der Waals surface area contributed by atoms with Gasteiger partial charge in [-0.1, -0.05) is 24.3 Å². The van der Waals surface area contributed by atoms with Crippen molar-refractivity contribution < 1.29 is 22.7 Å². The molecule has 1 aliphatic rings. The van der Waals surface area contributed by atoms with E-state index in [4.69, 9.17) is 16.3 Å². The fourth-order valence-corrected chi connectivity index (χ4v) is 3.75. The number of alkyl halides is 4. The van der Waals surface area contributed by atoms with Crippen LogP contribution >= 0.6 is 11.6 Å². The first-order valence-corrected chi connectivity index (χ1v) is 10.5. The first-order chi connectivity index (χ1) is 16.1. The van der Waals surface area contributed by atoms with Gasteiger partial charge in [-0.25, -0.2) is 4.79 Å². The van der Waals surface area contributed by atoms with E-state index in [0.29, 0.717) is 12.7 Å². The molecule has 0 saturated heterocycles. The molecule has 2 aromatic heterocycles. The summed E-state index contributed by atoms with van der Waals surface area (Å²) in [7, 11) is 1.37. The third kappa shape index (κ3) is 4.43. The van der Waals surface area contributed by atoms with Gasteiger partial charge in [-0.2, -0.15) is 18.2 Å². The summed E-state index contributed by atoms with van der Waals surface area (Å²) in [5.41, 5.74) is -1.77. The van der Waals surface area contributed by atoms with Crippen molar-refractivity contribution in [2.24, 2.45) is 7.05 Å². The largest absolute Gasteiger partial charge is 0.425 e. The zero-order valence-corrected chi connectivity index (χ0v) is 18.5. The number of aromatic nitrogens is 4. The van der Waals surface area contributed by atoms with E-state index in [1.807, 2.05) is 6.08 Å². The van der Waals surface area contributed by atoms with Crippen LogP contribution < -0.4 is 16.0 Å². The Hall–Kier alpha value is -3.60. The fraction of sp³-hybridized carbons (Fsp3) is 0.273. The molecule has 1 aromatic carbocycles. The second kappa shape index (κ2) is 8.98. The van der Waals surface area contributed by atoms with Crippen LogP contribution in [0.25, 0.3) is 11.2 Å². The molecule has 1 aliphatic carbocycles. The maximum atomic E-state index is 13.1. The topological polar surface area (TPSA) is 88.1 Å². The minimum absolute atomic E-state index is 0.0327. The number of ether oxygens (including phenoxy) is 1. The number of aryl methyl sites for hydroxylation is 1. The highest BCUT2D eigenvalue weighted by Crippen LogP contribution is 2.33. The molecule has 0 N–H and O–H groups in total. The molecule has 0 aliphatic heterocycles. The van der Waals surface area contributed by atoms with Crippen LogP contribution in [-0.2, 0) is 31.1 Å². The number of rotatable bonds is 6. The van der Waals surface area contributed by atoms with Gasteiger partial charge in [0.15, 0.2) is 11.2 Å². The van der Waals surface area contributed by atoms with Gasteiger partial charge in [0.05, 0.1) is 24.0 Å². The lowest BCUT2D eigenvalue weighted by Gasteiger charge is -2.14. The van der Waals surface area contributed by atoms with E-state index in [1.54, 1.807) is 12.2 Å². The van der Waals surface area contributed by atoms with Gasteiger partial charge < -0.3 is 9.53 Å². The number of fused-ring (bicyclic) bond motifs is 1. The lowest BCUT2D eigenvalue weighted by molar-refractivity contribution is -0.137. The predicted molar refractivity (Wildman–Crippen MR) is 118 cm³/mol. The van der Waals surface area contributed by atoms with Crippen LogP contribution in [0.15, 0.2) is 57.7 Å². The smallest absolute Gasteiger partial charge is 0.416 e. The minimum atomic E-state index is -4.58. The molecule has 8 nitrogen and oxygen atoms in total. The number of aldehydes is 1. The summed E-state index contributed by atoms with van der Waals surface area (Å²) < 4.78 is 48.3. The van der Waals surface area contributed by atoms with Gasteiger partial charge in [-0.3, -0.25) is 18.5 Å². The molecule has 178 valence electrons. The number of carbonyl (C=O) groups excluding carboxylic acids is 1. The Labute approximate surface area is 195 Å². The highest BCUT2D eigenvalue weighted by Gasteiger charge is 2.31. The summed E-state index contributed by atoms with van der Waals surface area (Å²) in [5, 5.41) is -0.185. The predicted octanol–water partition coefficient (Wildman–Crippen LogP) is 3.40. The highest BCUT2D eigenvalue weighted by molar-refractivity contribution is 6.22. The maximum Gasteiger partial charge on any atom is 0.416 e. The molecule has 1 unspecified atom stereocenters. The van der Waals surface area contributed by atoms with Gasteiger partial charge in [0, 0.05) is 7.05 Å². The van der Waals surface area contributed by atoms with Crippen LogP contribution in [-0.4, -0.2) is 30.3 Å². The molecule has 0 saturated carbocycles. The Balaban J connectivity index is 1.90. The van der Waals surface area contributed by atoms with E-state index in [2.05, 4.69) is 4.98 Å². The SMILES string of the molecule is Cn1c(=O)n(CC=O)c(=O)c2c1nc(Oc1cccc(C(F)(F)F)c1)n2CC1=CCC(Cl)C=C1. The summed E-state index contributed by atoms with van der Waals surface area (Å²) in [5.74, 6) is -0.154. The van der Waals surface area contributed by atoms with E-state index in [-0.39, 0.29) is 34.8 Å². The first kappa shape index (κ1) is 23.6. The molecule has 4 rings (SSSR count). The summed E-state index contributed by atoms with van der Waals surface area (Å²) in [6.45, 7) is -0.396. The summed E-state index contributed by atoms with van der Waals surface area (Å²) >= 11 is 6.08. The Morgan fingerprint density at radius 2 is 2.03 bits per heavy atom. The van der Waals surface area contributed by atoms with Gasteiger partial charge in [-0.15, -0.1) is 11.6 Å². The number of nitrogens with zero attached hydrogens (tertiary/aromatic N) is 4. The van der Waals surface area contributed by atoms with Crippen molar-refractivity contribution >= 4 is 29.1 Å². The van der Waals surface area contributed by atoms with Crippen LogP contribution in [0.2, 0.25) is 0 Å². The molecule has 1 atom stereocenters. The van der Waals surface area contributed by atoms with E-state index >= 15 is 0 Å². The number of halogens is 4. The second-order valence-corrected chi connectivity index (χ2v) is 8.15. The van der Waals surface area contributed by atoms with Gasteiger partial charge in [0.25, 0.3) is 5.56 Å². The van der Waals surface area contributed by atoms with Crippen molar-refractivity contribution in [2.45, 2.75) is 31.1 Å². The van der Waals surface area contributed by atoms with Gasteiger partial charge in [0.1, 0.15) is 12.0 Å². The van der Waals surface area contributed by atoms with Crippen LogP contribution in [0.5, 0.6) is 11.8 Å². The zero-order valence-electron chi connectivity index (χ0n) is 17.8. The Kier molecular flexibility index (Phi) is 6.22. The third-order valence-corrected chi connectivity index (χ3v) is 5.61. The number of hydrogen-bond donors (Lipinski definition) is 0. The highest BCUT2D eigenvalue weighted by atomic mass is 35.5. The van der Waals surface area contributed by atoms with Crippen LogP contribution in [0, 0.1) is 0 Å². The fourth-order valence-electron chi connectivity index (χ4n) is 3.59. The van der Waals surface area contributed by atoms with Gasteiger partial charge >= 0.3 is 17.9 Å². The Morgan fingerprint density at radius 1 is 1.26 bits per heavy atom. The third-order valence-electron chi connectivity index (χ3n) is 5.29. The number of allylic oxidation sites excluding steroid dienone is 4. The average Bonchev–Trinajstić information content (AvgIpc) is 3.14. The minimum Gasteiger partial charge on any atom is -0.425 e. The van der Waals surface area contributed by atoms with Gasteiger partial charge in [-0.05, 0) is 30.2 Å². The van der Waals surface area contributed by atoms with E-state index in [0.717, 1.165) is 26.8 Å². The second-order valence-electron chi connectivity index (χ2n) is 7.59. The summed E-state index contributed by atoms with van der Waals surface area (Å²) in [6.07, 6.45) is 1.75. The lowest BCUT2D eigenvalue weighted by Crippen LogP contribution is -2.40. The number of benzene rings is 1. The van der Waals surface area contributed by atoms with Crippen molar-refractivity contribution in [3.63, 3.8) is 0 Å². The van der Waals surface area contributed by atoms with Crippen molar-refractivity contribution in [1.29, 1.82) is 0 Å². The quantitative estimate of drug-likeness (QED) is 0.387. The Morgan fingerprint density at radius 3 is 2.68 bits per heavy atom. The maximum absolute atomic E-state index is 13.1. The normalized spacial score (nSPS) is 16.0. The van der Waals surface area contributed by atoms with E-state index < -0.39 is 29.5 Å². The molecule has 0 fully saturated rings. The summed E-state index contributed by atoms with van der Waals surface area (Å²) in [6, 6.07) is 4.03. The standard InChI is InChI=1S/C22H18ClF3N4O4/c1-28-18-17(19(32)29(9-10-31)21(28)33)30(12-13-5-7-15(23)8-6-13)20(27-18)34-16-4-2-3-14(11-16)22(24,25)26/h2-7,10-11,15H,8-9,12H2,1H3. The molecule has 0 bridgehead atoms. The molecule has 3 aromatic rings. The lowest BCUT2D eigenvalue weighted by atomic mass is 10.1.